The van der Waals surface area contributed by atoms with E-state index in [0.717, 1.165) is 10.5 Å². The molecule has 2 aromatic carbocycles. The molecule has 0 saturated heterocycles. The first kappa shape index (κ1) is 17.5. The molecule has 0 radical (unpaired) electrons. The van der Waals surface area contributed by atoms with Crippen LogP contribution in [0.1, 0.15) is 11.1 Å². The van der Waals surface area contributed by atoms with Crippen LogP contribution in [0.15, 0.2) is 48.2 Å². The van der Waals surface area contributed by atoms with Crippen LogP contribution in [0, 0.1) is 6.92 Å². The summed E-state index contributed by atoms with van der Waals surface area (Å²) in [5.74, 6) is 0.402. The van der Waals surface area contributed by atoms with Crippen LogP contribution < -0.4 is 14.8 Å². The maximum absolute atomic E-state index is 12.6. The third kappa shape index (κ3) is 3.01. The summed E-state index contributed by atoms with van der Waals surface area (Å²) in [5, 5.41) is 3.07. The van der Waals surface area contributed by atoms with Gasteiger partial charge in [-0.05, 0) is 24.6 Å². The lowest BCUT2D eigenvalue weighted by atomic mass is 10.0. The van der Waals surface area contributed by atoms with Crippen molar-refractivity contribution >= 4 is 23.1 Å². The highest BCUT2D eigenvalue weighted by molar-refractivity contribution is 6.36. The summed E-state index contributed by atoms with van der Waals surface area (Å²) in [6.45, 7) is 1.97. The van der Waals surface area contributed by atoms with E-state index >= 15 is 0 Å². The van der Waals surface area contributed by atoms with Crippen LogP contribution >= 0.6 is 0 Å². The molecule has 1 heterocycles. The normalized spacial score (nSPS) is 14.1. The summed E-state index contributed by atoms with van der Waals surface area (Å²) in [6, 6.07) is 12.7. The van der Waals surface area contributed by atoms with Gasteiger partial charge in [0.05, 0.1) is 19.8 Å². The second-order valence-corrected chi connectivity index (χ2v) is 5.98. The van der Waals surface area contributed by atoms with Crippen LogP contribution in [0.3, 0.4) is 0 Å². The number of carbonyl (C=O) groups is 2. The number of nitrogens with zero attached hydrogens (tertiary/aromatic N) is 1. The fourth-order valence-electron chi connectivity index (χ4n) is 2.80. The highest BCUT2D eigenvalue weighted by atomic mass is 16.5. The third-order valence-corrected chi connectivity index (χ3v) is 4.28. The van der Waals surface area contributed by atoms with Gasteiger partial charge in [0, 0.05) is 18.8 Å². The van der Waals surface area contributed by atoms with Gasteiger partial charge in [-0.25, -0.2) is 0 Å². The van der Waals surface area contributed by atoms with Gasteiger partial charge in [0.1, 0.15) is 5.70 Å². The van der Waals surface area contributed by atoms with Gasteiger partial charge in [-0.2, -0.15) is 0 Å². The molecule has 0 unspecified atom stereocenters. The molecule has 26 heavy (non-hydrogen) atoms. The van der Waals surface area contributed by atoms with Crippen molar-refractivity contribution in [1.82, 2.24) is 4.90 Å². The number of hydrogen-bond acceptors (Lipinski definition) is 5. The van der Waals surface area contributed by atoms with Crippen molar-refractivity contribution in [1.29, 1.82) is 0 Å². The van der Waals surface area contributed by atoms with Gasteiger partial charge in [-0.1, -0.05) is 29.8 Å². The van der Waals surface area contributed by atoms with Crippen LogP contribution in [0.5, 0.6) is 11.5 Å². The first-order chi connectivity index (χ1) is 12.5. The van der Waals surface area contributed by atoms with Gasteiger partial charge < -0.3 is 14.8 Å². The Bertz CT molecular complexity index is 901. The zero-order valence-corrected chi connectivity index (χ0v) is 15.1. The van der Waals surface area contributed by atoms with E-state index in [4.69, 9.17) is 9.47 Å². The number of ether oxygens (including phenoxy) is 2. The first-order valence-electron chi connectivity index (χ1n) is 8.09. The molecule has 1 aliphatic heterocycles. The van der Waals surface area contributed by atoms with E-state index in [2.05, 4.69) is 5.32 Å². The Balaban J connectivity index is 2.05. The van der Waals surface area contributed by atoms with Gasteiger partial charge in [0.2, 0.25) is 0 Å². The van der Waals surface area contributed by atoms with Gasteiger partial charge in [0.25, 0.3) is 11.8 Å². The summed E-state index contributed by atoms with van der Waals surface area (Å²) in [7, 11) is 4.57. The first-order valence-corrected chi connectivity index (χ1v) is 8.09. The smallest absolute Gasteiger partial charge is 0.277 e. The molecular formula is C20H20N2O4. The van der Waals surface area contributed by atoms with Gasteiger partial charge in [-0.3, -0.25) is 14.5 Å². The summed E-state index contributed by atoms with van der Waals surface area (Å²) in [6.07, 6.45) is 0. The Kier molecular flexibility index (Phi) is 4.67. The van der Waals surface area contributed by atoms with E-state index in [9.17, 15) is 9.59 Å². The summed E-state index contributed by atoms with van der Waals surface area (Å²) < 4.78 is 10.5. The number of aryl methyl sites for hydroxylation is 1. The summed E-state index contributed by atoms with van der Waals surface area (Å²) in [4.78, 5) is 26.3. The molecule has 3 rings (SSSR count). The molecule has 0 atom stereocenters. The Morgan fingerprint density at radius 1 is 0.885 bits per heavy atom. The molecule has 0 spiro atoms. The highest BCUT2D eigenvalue weighted by Gasteiger charge is 2.36. The fraction of sp³-hybridized carbons (Fsp3) is 0.200. The number of hydrogen-bond donors (Lipinski definition) is 1. The largest absolute Gasteiger partial charge is 0.493 e. The number of amides is 2. The lowest BCUT2D eigenvalue weighted by molar-refractivity contribution is -0.135. The summed E-state index contributed by atoms with van der Waals surface area (Å²) in [5.41, 5.74) is 3.00. The second-order valence-electron chi connectivity index (χ2n) is 5.98. The quantitative estimate of drug-likeness (QED) is 0.838. The zero-order valence-electron chi connectivity index (χ0n) is 15.1. The Morgan fingerprint density at radius 3 is 2.15 bits per heavy atom. The Morgan fingerprint density at radius 2 is 1.54 bits per heavy atom. The van der Waals surface area contributed by atoms with Crippen LogP contribution in [0.4, 0.5) is 5.69 Å². The molecule has 2 amide bonds. The molecule has 1 N–H and O–H groups in total. The maximum Gasteiger partial charge on any atom is 0.277 e. The van der Waals surface area contributed by atoms with Crippen LogP contribution in [0.25, 0.3) is 5.57 Å². The fourth-order valence-corrected chi connectivity index (χ4v) is 2.80. The number of methoxy groups -OCH3 is 2. The van der Waals surface area contributed by atoms with E-state index in [0.29, 0.717) is 28.3 Å². The van der Waals surface area contributed by atoms with Gasteiger partial charge in [-0.15, -0.1) is 0 Å². The molecule has 6 heteroatoms. The second kappa shape index (κ2) is 6.92. The molecule has 6 nitrogen and oxygen atoms in total. The highest BCUT2D eigenvalue weighted by Crippen LogP contribution is 2.33. The molecule has 2 aromatic rings. The maximum atomic E-state index is 12.6. The predicted octanol–water partition coefficient (Wildman–Crippen LogP) is 2.83. The average molecular weight is 352 g/mol. The lowest BCUT2D eigenvalue weighted by Gasteiger charge is -2.12. The van der Waals surface area contributed by atoms with Crippen LogP contribution in [-0.4, -0.2) is 38.0 Å². The van der Waals surface area contributed by atoms with E-state index < -0.39 is 0 Å². The number of rotatable bonds is 5. The van der Waals surface area contributed by atoms with Crippen molar-refractivity contribution in [2.45, 2.75) is 6.92 Å². The topological polar surface area (TPSA) is 67.9 Å². The van der Waals surface area contributed by atoms with Crippen LogP contribution in [0.2, 0.25) is 0 Å². The predicted molar refractivity (Wildman–Crippen MR) is 99.0 cm³/mol. The third-order valence-electron chi connectivity index (χ3n) is 4.28. The van der Waals surface area contributed by atoms with E-state index in [1.165, 1.54) is 14.2 Å². The molecule has 0 aliphatic carbocycles. The van der Waals surface area contributed by atoms with Gasteiger partial charge >= 0.3 is 0 Å². The van der Waals surface area contributed by atoms with E-state index in [-0.39, 0.29) is 17.5 Å². The van der Waals surface area contributed by atoms with E-state index in [1.807, 2.05) is 31.2 Å². The minimum absolute atomic E-state index is 0.244. The average Bonchev–Trinajstić information content (AvgIpc) is 2.86. The standard InChI is InChI=1S/C20H20N2O4/c1-12-5-7-13(8-6-12)17-18(20(24)22(2)19(17)23)21-14-9-10-15(25-3)16(11-14)26-4/h5-11,21H,1-4H3. The number of imide groups is 1. The number of carbonyl (C=O) groups excluding carboxylic acids is 2. The Labute approximate surface area is 152 Å². The van der Waals surface area contributed by atoms with Crippen molar-refractivity contribution < 1.29 is 19.1 Å². The molecule has 1 aliphatic rings. The van der Waals surface area contributed by atoms with Gasteiger partial charge in [0.15, 0.2) is 11.5 Å². The van der Waals surface area contributed by atoms with E-state index in [1.54, 1.807) is 25.3 Å². The molecule has 0 saturated carbocycles. The van der Waals surface area contributed by atoms with Crippen LogP contribution in [-0.2, 0) is 9.59 Å². The van der Waals surface area contributed by atoms with Crippen molar-refractivity contribution in [3.8, 4) is 11.5 Å². The number of likely N-dealkylation sites (N-methyl/N-ethyl adjacent to an activating group) is 1. The Hall–Kier alpha value is -3.28. The lowest BCUT2D eigenvalue weighted by Crippen LogP contribution is -2.27. The van der Waals surface area contributed by atoms with Crippen molar-refractivity contribution in [2.24, 2.45) is 0 Å². The number of anilines is 1. The number of benzene rings is 2. The molecule has 134 valence electrons. The molecule has 0 aromatic heterocycles. The minimum Gasteiger partial charge on any atom is -0.493 e. The summed E-state index contributed by atoms with van der Waals surface area (Å²) >= 11 is 0. The van der Waals surface area contributed by atoms with Crippen molar-refractivity contribution in [2.75, 3.05) is 26.6 Å². The molecule has 0 fully saturated rings. The SMILES string of the molecule is COc1ccc(NC2=C(c3ccc(C)cc3)C(=O)N(C)C2=O)cc1OC. The number of nitrogens with one attached hydrogen (secondary N) is 1. The van der Waals surface area contributed by atoms with Crippen molar-refractivity contribution in [3.05, 3.63) is 59.3 Å². The molecular weight excluding hydrogens is 332 g/mol. The minimum atomic E-state index is -0.375. The zero-order chi connectivity index (χ0) is 18.8. The molecule has 0 bridgehead atoms. The van der Waals surface area contributed by atoms with Crippen molar-refractivity contribution in [3.63, 3.8) is 0 Å². The monoisotopic (exact) mass is 352 g/mol.